The number of aryl methyl sites for hydroxylation is 1. The summed E-state index contributed by atoms with van der Waals surface area (Å²) in [6.45, 7) is 2.11. The van der Waals surface area contributed by atoms with Gasteiger partial charge in [-0.1, -0.05) is 42.4 Å². The average Bonchev–Trinajstić information content (AvgIpc) is 3.25. The van der Waals surface area contributed by atoms with Crippen molar-refractivity contribution in [3.8, 4) is 11.4 Å². The van der Waals surface area contributed by atoms with Crippen molar-refractivity contribution in [2.75, 3.05) is 0 Å². The molecule has 0 spiro atoms. The van der Waals surface area contributed by atoms with E-state index in [0.717, 1.165) is 29.0 Å². The summed E-state index contributed by atoms with van der Waals surface area (Å²) >= 11 is 0. The maximum Gasteiger partial charge on any atom is 0.285 e. The Hall–Kier alpha value is -3.32. The second-order valence-electron chi connectivity index (χ2n) is 6.19. The summed E-state index contributed by atoms with van der Waals surface area (Å²) in [5.41, 5.74) is 2.27. The Morgan fingerprint density at radius 3 is 2.48 bits per heavy atom. The van der Waals surface area contributed by atoms with Gasteiger partial charge in [0.1, 0.15) is 6.61 Å². The highest BCUT2D eigenvalue weighted by atomic mass is 16.7. The van der Waals surface area contributed by atoms with Gasteiger partial charge in [0, 0.05) is 12.0 Å². The van der Waals surface area contributed by atoms with Gasteiger partial charge < -0.3 is 4.52 Å². The number of hydrogen-bond donors (Lipinski definition) is 0. The van der Waals surface area contributed by atoms with E-state index in [1.165, 1.54) is 0 Å². The minimum Gasteiger partial charge on any atom is -0.339 e. The van der Waals surface area contributed by atoms with Crippen molar-refractivity contribution < 1.29 is 18.9 Å². The maximum atomic E-state index is 12.3. The molecule has 2 heterocycles. The Morgan fingerprint density at radius 2 is 1.78 bits per heavy atom. The first-order valence-corrected chi connectivity index (χ1v) is 8.70. The average molecular weight is 363 g/mol. The predicted octanol–water partition coefficient (Wildman–Crippen LogP) is 3.42. The van der Waals surface area contributed by atoms with Crippen molar-refractivity contribution in [1.82, 2.24) is 15.2 Å². The summed E-state index contributed by atoms with van der Waals surface area (Å²) in [5.74, 6) is 0.199. The molecule has 1 aromatic heterocycles. The van der Waals surface area contributed by atoms with Crippen LogP contribution in [0.1, 0.15) is 45.5 Å². The lowest BCUT2D eigenvalue weighted by atomic mass is 10.1. The summed E-state index contributed by atoms with van der Waals surface area (Å²) in [4.78, 5) is 34.5. The number of imide groups is 1. The van der Waals surface area contributed by atoms with Gasteiger partial charge in [0.2, 0.25) is 11.7 Å². The van der Waals surface area contributed by atoms with Crippen LogP contribution < -0.4 is 0 Å². The Kier molecular flexibility index (Phi) is 4.52. The minimum atomic E-state index is -0.450. The van der Waals surface area contributed by atoms with Crippen LogP contribution in [0.3, 0.4) is 0 Å². The topological polar surface area (TPSA) is 85.5 Å². The Bertz CT molecular complexity index is 977. The van der Waals surface area contributed by atoms with Crippen LogP contribution in [-0.4, -0.2) is 27.0 Å². The van der Waals surface area contributed by atoms with E-state index in [1.807, 2.05) is 31.2 Å². The number of hydroxylamine groups is 2. The van der Waals surface area contributed by atoms with Gasteiger partial charge in [-0.15, -0.1) is 5.06 Å². The van der Waals surface area contributed by atoms with Crippen LogP contribution in [0, 0.1) is 0 Å². The van der Waals surface area contributed by atoms with E-state index in [-0.39, 0.29) is 6.61 Å². The normalized spacial score (nSPS) is 13.3. The van der Waals surface area contributed by atoms with E-state index in [1.54, 1.807) is 24.3 Å². The number of amides is 2. The number of rotatable bonds is 6. The summed E-state index contributed by atoms with van der Waals surface area (Å²) in [6.07, 6.45) is 1.66. The second kappa shape index (κ2) is 7.13. The van der Waals surface area contributed by atoms with Crippen LogP contribution in [0.4, 0.5) is 0 Å². The van der Waals surface area contributed by atoms with Crippen LogP contribution in [-0.2, 0) is 17.9 Å². The van der Waals surface area contributed by atoms with E-state index in [4.69, 9.17) is 9.36 Å². The van der Waals surface area contributed by atoms with Crippen LogP contribution in [0.25, 0.3) is 11.4 Å². The monoisotopic (exact) mass is 363 g/mol. The molecule has 7 heteroatoms. The molecule has 0 atom stereocenters. The van der Waals surface area contributed by atoms with E-state index >= 15 is 0 Å². The molecule has 0 N–H and O–H groups in total. The smallest absolute Gasteiger partial charge is 0.285 e. The van der Waals surface area contributed by atoms with Crippen molar-refractivity contribution in [3.63, 3.8) is 0 Å². The van der Waals surface area contributed by atoms with Gasteiger partial charge in [-0.05, 0) is 30.2 Å². The van der Waals surface area contributed by atoms with Crippen LogP contribution >= 0.6 is 0 Å². The van der Waals surface area contributed by atoms with Gasteiger partial charge in [0.15, 0.2) is 0 Å². The Labute approximate surface area is 155 Å². The van der Waals surface area contributed by atoms with Crippen molar-refractivity contribution in [2.45, 2.75) is 26.4 Å². The first-order valence-electron chi connectivity index (χ1n) is 8.70. The second-order valence-corrected chi connectivity index (χ2v) is 6.19. The molecule has 0 bridgehead atoms. The third-order valence-electron chi connectivity index (χ3n) is 4.23. The molecule has 0 unspecified atom stereocenters. The highest BCUT2D eigenvalue weighted by molar-refractivity contribution is 6.20. The lowest BCUT2D eigenvalue weighted by Crippen LogP contribution is -2.29. The molecule has 0 fully saturated rings. The molecular weight excluding hydrogens is 346 g/mol. The zero-order valence-corrected chi connectivity index (χ0v) is 14.7. The largest absolute Gasteiger partial charge is 0.339 e. The number of fused-ring (bicyclic) bond motifs is 1. The summed E-state index contributed by atoms with van der Waals surface area (Å²) in [7, 11) is 0. The fourth-order valence-electron chi connectivity index (χ4n) is 2.91. The highest BCUT2D eigenvalue weighted by Crippen LogP contribution is 2.24. The molecule has 1 aliphatic rings. The van der Waals surface area contributed by atoms with E-state index in [2.05, 4.69) is 10.1 Å². The number of benzene rings is 2. The first-order chi connectivity index (χ1) is 13.2. The molecule has 136 valence electrons. The fraction of sp³-hybridized carbons (Fsp3) is 0.200. The number of carbonyl (C=O) groups excluding carboxylic acids is 2. The SMILES string of the molecule is CCCc1nc(-c2cccc(CON3C(=O)c4ccccc4C3=O)c2)no1. The lowest BCUT2D eigenvalue weighted by molar-refractivity contribution is -0.101. The van der Waals surface area contributed by atoms with Gasteiger partial charge in [-0.2, -0.15) is 4.98 Å². The van der Waals surface area contributed by atoms with Crippen LogP contribution in [0.2, 0.25) is 0 Å². The van der Waals surface area contributed by atoms with Gasteiger partial charge in [-0.3, -0.25) is 14.4 Å². The first kappa shape index (κ1) is 17.1. The maximum absolute atomic E-state index is 12.3. The molecule has 1 aliphatic heterocycles. The molecule has 2 amide bonds. The standard InChI is InChI=1S/C20H17N3O4/c1-2-6-17-21-18(22-27-17)14-8-5-7-13(11-14)12-26-23-19(24)15-9-3-4-10-16(15)20(23)25/h3-5,7-11H,2,6,12H2,1H3. The minimum absolute atomic E-state index is 0.0684. The van der Waals surface area contributed by atoms with E-state index in [0.29, 0.717) is 22.8 Å². The molecule has 27 heavy (non-hydrogen) atoms. The molecule has 4 rings (SSSR count). The zero-order valence-electron chi connectivity index (χ0n) is 14.7. The van der Waals surface area contributed by atoms with Gasteiger partial charge in [0.25, 0.3) is 11.8 Å². The molecule has 0 saturated carbocycles. The molecule has 7 nitrogen and oxygen atoms in total. The Morgan fingerprint density at radius 1 is 1.04 bits per heavy atom. The van der Waals surface area contributed by atoms with Crippen molar-refractivity contribution in [3.05, 3.63) is 71.1 Å². The molecule has 3 aromatic rings. The number of hydrogen-bond acceptors (Lipinski definition) is 6. The molecule has 0 saturated heterocycles. The fourth-order valence-corrected chi connectivity index (χ4v) is 2.91. The molecule has 2 aromatic carbocycles. The van der Waals surface area contributed by atoms with E-state index in [9.17, 15) is 9.59 Å². The van der Waals surface area contributed by atoms with Crippen molar-refractivity contribution in [1.29, 1.82) is 0 Å². The van der Waals surface area contributed by atoms with Crippen molar-refractivity contribution >= 4 is 11.8 Å². The predicted molar refractivity (Wildman–Crippen MR) is 95.5 cm³/mol. The summed E-state index contributed by atoms with van der Waals surface area (Å²) in [5, 5.41) is 4.80. The summed E-state index contributed by atoms with van der Waals surface area (Å²) < 4.78 is 5.21. The Balaban J connectivity index is 1.48. The molecule has 0 aliphatic carbocycles. The van der Waals surface area contributed by atoms with Gasteiger partial charge >= 0.3 is 0 Å². The number of carbonyl (C=O) groups is 2. The number of nitrogens with zero attached hydrogens (tertiary/aromatic N) is 3. The van der Waals surface area contributed by atoms with E-state index < -0.39 is 11.8 Å². The third kappa shape index (κ3) is 3.24. The van der Waals surface area contributed by atoms with Crippen LogP contribution in [0.5, 0.6) is 0 Å². The van der Waals surface area contributed by atoms with Gasteiger partial charge in [-0.25, -0.2) is 0 Å². The van der Waals surface area contributed by atoms with Crippen LogP contribution in [0.15, 0.2) is 53.1 Å². The highest BCUT2D eigenvalue weighted by Gasteiger charge is 2.36. The zero-order chi connectivity index (χ0) is 18.8. The molecule has 0 radical (unpaired) electrons. The third-order valence-corrected chi connectivity index (χ3v) is 4.23. The molecular formula is C20H17N3O4. The van der Waals surface area contributed by atoms with Crippen molar-refractivity contribution in [2.24, 2.45) is 0 Å². The quantitative estimate of drug-likeness (QED) is 0.624. The number of aromatic nitrogens is 2. The van der Waals surface area contributed by atoms with Gasteiger partial charge in [0.05, 0.1) is 11.1 Å². The lowest BCUT2D eigenvalue weighted by Gasteiger charge is -2.13. The summed E-state index contributed by atoms with van der Waals surface area (Å²) in [6, 6.07) is 14.1.